The van der Waals surface area contributed by atoms with Gasteiger partial charge in [0.25, 0.3) is 5.91 Å². The maximum Gasteiger partial charge on any atom is 0.256 e. The number of anilines is 2. The van der Waals surface area contributed by atoms with Gasteiger partial charge in [-0.05, 0) is 36.4 Å². The van der Waals surface area contributed by atoms with Crippen molar-refractivity contribution >= 4 is 34.1 Å². The number of para-hydroxylation sites is 1. The maximum atomic E-state index is 13.1. The summed E-state index contributed by atoms with van der Waals surface area (Å²) in [6, 6.07) is 26.4. The molecule has 0 radical (unpaired) electrons. The van der Waals surface area contributed by atoms with E-state index in [0.717, 1.165) is 27.8 Å². The summed E-state index contributed by atoms with van der Waals surface area (Å²) in [5, 5.41) is 3.75. The summed E-state index contributed by atoms with van der Waals surface area (Å²) >= 11 is 0. The zero-order valence-electron chi connectivity index (χ0n) is 16.8. The van der Waals surface area contributed by atoms with E-state index in [4.69, 9.17) is 4.98 Å². The van der Waals surface area contributed by atoms with Gasteiger partial charge in [-0.3, -0.25) is 9.59 Å². The van der Waals surface area contributed by atoms with Gasteiger partial charge in [-0.1, -0.05) is 48.5 Å². The van der Waals surface area contributed by atoms with Gasteiger partial charge < -0.3 is 10.2 Å². The Bertz CT molecular complexity index is 1220. The molecule has 1 heterocycles. The van der Waals surface area contributed by atoms with E-state index in [2.05, 4.69) is 5.32 Å². The fourth-order valence-corrected chi connectivity index (χ4v) is 3.27. The lowest BCUT2D eigenvalue weighted by molar-refractivity contribution is -0.116. The number of aromatic nitrogens is 1. The van der Waals surface area contributed by atoms with Gasteiger partial charge in [0, 0.05) is 36.3 Å². The molecule has 1 aromatic heterocycles. The van der Waals surface area contributed by atoms with E-state index < -0.39 is 0 Å². The summed E-state index contributed by atoms with van der Waals surface area (Å²) < 4.78 is 0. The van der Waals surface area contributed by atoms with E-state index in [0.29, 0.717) is 11.3 Å². The van der Waals surface area contributed by atoms with Crippen LogP contribution in [0.1, 0.15) is 17.3 Å². The molecule has 148 valence electrons. The molecule has 4 aromatic rings. The zero-order valence-corrected chi connectivity index (χ0v) is 16.8. The van der Waals surface area contributed by atoms with Crippen molar-refractivity contribution in [2.75, 3.05) is 17.3 Å². The van der Waals surface area contributed by atoms with Gasteiger partial charge in [-0.25, -0.2) is 4.98 Å². The first-order valence-corrected chi connectivity index (χ1v) is 9.64. The number of hydrogen-bond acceptors (Lipinski definition) is 3. The molecule has 0 bridgehead atoms. The molecule has 0 atom stereocenters. The highest BCUT2D eigenvalue weighted by atomic mass is 16.2. The number of benzene rings is 3. The average Bonchev–Trinajstić information content (AvgIpc) is 2.78. The summed E-state index contributed by atoms with van der Waals surface area (Å²) in [7, 11) is 1.71. The Balaban J connectivity index is 1.68. The molecule has 0 unspecified atom stereocenters. The van der Waals surface area contributed by atoms with Gasteiger partial charge >= 0.3 is 0 Å². The lowest BCUT2D eigenvalue weighted by Gasteiger charge is -2.15. The average molecular weight is 395 g/mol. The second-order valence-electron chi connectivity index (χ2n) is 7.02. The number of nitrogens with zero attached hydrogens (tertiary/aromatic N) is 2. The quantitative estimate of drug-likeness (QED) is 0.521. The minimum atomic E-state index is -0.210. The van der Waals surface area contributed by atoms with Gasteiger partial charge in [0.1, 0.15) is 0 Å². The highest BCUT2D eigenvalue weighted by Gasteiger charge is 2.14. The molecule has 1 N–H and O–H groups in total. The molecule has 0 aliphatic heterocycles. The van der Waals surface area contributed by atoms with E-state index in [-0.39, 0.29) is 11.8 Å². The lowest BCUT2D eigenvalue weighted by atomic mass is 10.0. The van der Waals surface area contributed by atoms with Crippen molar-refractivity contribution in [2.24, 2.45) is 0 Å². The predicted molar refractivity (Wildman–Crippen MR) is 121 cm³/mol. The third-order valence-corrected chi connectivity index (χ3v) is 5.02. The van der Waals surface area contributed by atoms with E-state index in [1.54, 1.807) is 36.2 Å². The molecule has 0 saturated heterocycles. The minimum Gasteiger partial charge on any atom is -0.322 e. The molecule has 30 heavy (non-hydrogen) atoms. The molecule has 5 nitrogen and oxygen atoms in total. The van der Waals surface area contributed by atoms with E-state index in [1.165, 1.54) is 6.92 Å². The largest absolute Gasteiger partial charge is 0.322 e. The maximum absolute atomic E-state index is 13.1. The second-order valence-corrected chi connectivity index (χ2v) is 7.02. The normalized spacial score (nSPS) is 10.6. The van der Waals surface area contributed by atoms with Crippen LogP contribution in [0.5, 0.6) is 0 Å². The number of rotatable bonds is 4. The Labute approximate surface area is 175 Å². The molecule has 4 rings (SSSR count). The number of carbonyl (C=O) groups is 2. The standard InChI is InChI=1S/C25H21N3O2/c1-17(29)28(2)20-14-12-19(13-15-20)26-25(30)22-16-24(18-8-4-3-5-9-18)27-23-11-7-6-10-21(22)23/h3-16H,1-2H3,(H,26,30). The molecule has 5 heteroatoms. The lowest BCUT2D eigenvalue weighted by Crippen LogP contribution is -2.22. The SMILES string of the molecule is CC(=O)N(C)c1ccc(NC(=O)c2cc(-c3ccccc3)nc3ccccc23)cc1. The van der Waals surface area contributed by atoms with Crippen LogP contribution in [0.3, 0.4) is 0 Å². The molecular formula is C25H21N3O2. The van der Waals surface area contributed by atoms with Crippen molar-refractivity contribution in [1.82, 2.24) is 4.98 Å². The Morgan fingerprint density at radius 3 is 2.23 bits per heavy atom. The first kappa shape index (κ1) is 19.3. The van der Waals surface area contributed by atoms with Crippen LogP contribution in [0.15, 0.2) is 84.9 Å². The molecule has 0 spiro atoms. The summed E-state index contributed by atoms with van der Waals surface area (Å²) in [5.74, 6) is -0.262. The second kappa shape index (κ2) is 8.17. The molecule has 3 aromatic carbocycles. The monoisotopic (exact) mass is 395 g/mol. The molecule has 0 aliphatic carbocycles. The fourth-order valence-electron chi connectivity index (χ4n) is 3.27. The van der Waals surface area contributed by atoms with E-state index in [1.807, 2.05) is 60.7 Å². The minimum absolute atomic E-state index is 0.0523. The molecule has 0 aliphatic rings. The summed E-state index contributed by atoms with van der Waals surface area (Å²) in [6.07, 6.45) is 0. The van der Waals surface area contributed by atoms with Gasteiger partial charge in [0.2, 0.25) is 5.91 Å². The molecule has 0 saturated carbocycles. The first-order valence-electron chi connectivity index (χ1n) is 9.64. The van der Waals surface area contributed by atoms with Crippen LogP contribution in [-0.4, -0.2) is 23.8 Å². The highest BCUT2D eigenvalue weighted by molar-refractivity contribution is 6.13. The fraction of sp³-hybridized carbons (Fsp3) is 0.0800. The van der Waals surface area contributed by atoms with Crippen molar-refractivity contribution in [3.63, 3.8) is 0 Å². The van der Waals surface area contributed by atoms with Crippen LogP contribution in [0.2, 0.25) is 0 Å². The molecule has 0 fully saturated rings. The van der Waals surface area contributed by atoms with Crippen LogP contribution in [0, 0.1) is 0 Å². The van der Waals surface area contributed by atoms with Gasteiger partial charge in [-0.15, -0.1) is 0 Å². The number of fused-ring (bicyclic) bond motifs is 1. The van der Waals surface area contributed by atoms with Crippen molar-refractivity contribution < 1.29 is 9.59 Å². The van der Waals surface area contributed by atoms with Gasteiger partial charge in [-0.2, -0.15) is 0 Å². The van der Waals surface area contributed by atoms with Crippen molar-refractivity contribution in [1.29, 1.82) is 0 Å². The first-order chi connectivity index (χ1) is 14.5. The van der Waals surface area contributed by atoms with Crippen molar-refractivity contribution in [3.05, 3.63) is 90.5 Å². The zero-order chi connectivity index (χ0) is 21.1. The van der Waals surface area contributed by atoms with E-state index >= 15 is 0 Å². The number of amides is 2. The van der Waals surface area contributed by atoms with Crippen LogP contribution < -0.4 is 10.2 Å². The van der Waals surface area contributed by atoms with Gasteiger partial charge in [0.15, 0.2) is 0 Å². The number of nitrogens with one attached hydrogen (secondary N) is 1. The summed E-state index contributed by atoms with van der Waals surface area (Å²) in [5.41, 5.74) is 4.45. The summed E-state index contributed by atoms with van der Waals surface area (Å²) in [6.45, 7) is 1.51. The number of hydrogen-bond donors (Lipinski definition) is 1. The number of pyridine rings is 1. The Morgan fingerprint density at radius 1 is 0.867 bits per heavy atom. The van der Waals surface area contributed by atoms with Crippen LogP contribution in [-0.2, 0) is 4.79 Å². The third kappa shape index (κ3) is 3.91. The Morgan fingerprint density at radius 2 is 1.53 bits per heavy atom. The van der Waals surface area contributed by atoms with Crippen molar-refractivity contribution in [2.45, 2.75) is 6.92 Å². The van der Waals surface area contributed by atoms with Crippen LogP contribution in [0.4, 0.5) is 11.4 Å². The topological polar surface area (TPSA) is 62.3 Å². The molecular weight excluding hydrogens is 374 g/mol. The smallest absolute Gasteiger partial charge is 0.256 e. The number of carbonyl (C=O) groups excluding carboxylic acids is 2. The van der Waals surface area contributed by atoms with Gasteiger partial charge in [0.05, 0.1) is 16.8 Å². The Kier molecular flexibility index (Phi) is 5.26. The van der Waals surface area contributed by atoms with E-state index in [9.17, 15) is 9.59 Å². The highest BCUT2D eigenvalue weighted by Crippen LogP contribution is 2.26. The molecule has 2 amide bonds. The summed E-state index contributed by atoms with van der Waals surface area (Å²) in [4.78, 5) is 30.9. The Hall–Kier alpha value is -3.99. The van der Waals surface area contributed by atoms with Crippen LogP contribution in [0.25, 0.3) is 22.2 Å². The third-order valence-electron chi connectivity index (χ3n) is 5.02. The van der Waals surface area contributed by atoms with Crippen molar-refractivity contribution in [3.8, 4) is 11.3 Å². The predicted octanol–water partition coefficient (Wildman–Crippen LogP) is 5.14. The van der Waals surface area contributed by atoms with Crippen LogP contribution >= 0.6 is 0 Å².